The van der Waals surface area contributed by atoms with Crippen LogP contribution in [0.15, 0.2) is 11.5 Å². The molecule has 19 heavy (non-hydrogen) atoms. The summed E-state index contributed by atoms with van der Waals surface area (Å²) >= 11 is 0. The smallest absolute Gasteiger partial charge is 0.222 e. The highest BCUT2D eigenvalue weighted by Gasteiger charge is 2.36. The maximum Gasteiger partial charge on any atom is 0.222 e. The number of hydrogen-bond acceptors (Lipinski definition) is 4. The van der Waals surface area contributed by atoms with Gasteiger partial charge >= 0.3 is 0 Å². The van der Waals surface area contributed by atoms with Crippen molar-refractivity contribution in [3.63, 3.8) is 0 Å². The number of piperazine rings is 1. The van der Waals surface area contributed by atoms with Gasteiger partial charge in [-0.2, -0.15) is 0 Å². The zero-order valence-corrected chi connectivity index (χ0v) is 11.1. The summed E-state index contributed by atoms with van der Waals surface area (Å²) < 4.78 is 14.0. The Hall–Kier alpha value is -1.14. The van der Waals surface area contributed by atoms with E-state index in [9.17, 15) is 9.18 Å². The molecule has 3 aliphatic rings. The maximum atomic E-state index is 14.0. The minimum Gasteiger partial charge on any atom is -0.368 e. The molecule has 0 radical (unpaired) electrons. The van der Waals surface area contributed by atoms with E-state index in [1.54, 1.807) is 0 Å². The number of fused-ring (bicyclic) bond motifs is 1. The topological polar surface area (TPSA) is 61.6 Å². The van der Waals surface area contributed by atoms with Crippen LogP contribution in [0.4, 0.5) is 4.39 Å². The zero-order chi connectivity index (χ0) is 13.4. The van der Waals surface area contributed by atoms with Crippen molar-refractivity contribution in [2.24, 2.45) is 5.73 Å². The van der Waals surface area contributed by atoms with E-state index in [1.165, 1.54) is 0 Å². The molecule has 6 heteroatoms. The van der Waals surface area contributed by atoms with Crippen molar-refractivity contribution in [3.05, 3.63) is 11.5 Å². The number of carbonyl (C=O) groups is 1. The molecule has 0 bridgehead atoms. The predicted octanol–water partition coefficient (Wildman–Crippen LogP) is -0.205. The first kappa shape index (κ1) is 12.9. The van der Waals surface area contributed by atoms with Crippen molar-refractivity contribution >= 4 is 5.91 Å². The Morgan fingerprint density at radius 1 is 1.37 bits per heavy atom. The lowest BCUT2D eigenvalue weighted by Crippen LogP contribution is -2.59. The second kappa shape index (κ2) is 5.09. The largest absolute Gasteiger partial charge is 0.368 e. The quantitative estimate of drug-likeness (QED) is 0.691. The van der Waals surface area contributed by atoms with Crippen LogP contribution in [0.25, 0.3) is 0 Å². The average molecular weight is 268 g/mol. The summed E-state index contributed by atoms with van der Waals surface area (Å²) in [4.78, 5) is 15.8. The van der Waals surface area contributed by atoms with Crippen molar-refractivity contribution in [3.8, 4) is 0 Å². The third-order valence-electron chi connectivity index (χ3n) is 4.35. The van der Waals surface area contributed by atoms with E-state index in [0.29, 0.717) is 31.8 Å². The third-order valence-corrected chi connectivity index (χ3v) is 4.35. The molecule has 0 aromatic heterocycles. The number of amides is 1. The minimum atomic E-state index is -0.278. The van der Waals surface area contributed by atoms with Gasteiger partial charge in [-0.05, 0) is 12.8 Å². The van der Waals surface area contributed by atoms with Gasteiger partial charge in [-0.3, -0.25) is 4.79 Å². The number of nitrogens with zero attached hydrogens (tertiary/aromatic N) is 2. The first-order valence-corrected chi connectivity index (χ1v) is 7.06. The molecular weight excluding hydrogens is 247 g/mol. The van der Waals surface area contributed by atoms with Gasteiger partial charge in [0.25, 0.3) is 0 Å². The van der Waals surface area contributed by atoms with Crippen molar-refractivity contribution < 1.29 is 9.18 Å². The van der Waals surface area contributed by atoms with Crippen LogP contribution in [-0.2, 0) is 4.79 Å². The van der Waals surface area contributed by atoms with E-state index in [4.69, 9.17) is 5.73 Å². The second-order valence-electron chi connectivity index (χ2n) is 5.61. The van der Waals surface area contributed by atoms with Crippen molar-refractivity contribution in [2.45, 2.75) is 31.3 Å². The molecule has 3 heterocycles. The highest BCUT2D eigenvalue weighted by atomic mass is 19.1. The van der Waals surface area contributed by atoms with Gasteiger partial charge in [0.1, 0.15) is 5.83 Å². The Morgan fingerprint density at radius 3 is 3.00 bits per heavy atom. The fourth-order valence-corrected chi connectivity index (χ4v) is 3.41. The zero-order valence-electron chi connectivity index (χ0n) is 11.1. The maximum absolute atomic E-state index is 14.0. The first-order valence-electron chi connectivity index (χ1n) is 7.06. The SMILES string of the molecule is NC1CNCC(F)=C1N1CCN2C(=O)CCCC2C1. The molecule has 1 amide bonds. The fraction of sp³-hybridized carbons (Fsp3) is 0.769. The van der Waals surface area contributed by atoms with Crippen molar-refractivity contribution in [2.75, 3.05) is 32.7 Å². The molecule has 2 fully saturated rings. The molecule has 2 saturated heterocycles. The Labute approximate surface area is 112 Å². The van der Waals surface area contributed by atoms with Crippen molar-refractivity contribution in [1.82, 2.24) is 15.1 Å². The standard InChI is InChI=1S/C13H21FN4O/c14-10-6-16-7-11(15)13(10)17-4-5-18-9(8-17)2-1-3-12(18)19/h9,11,16H,1-8,15H2. The Morgan fingerprint density at radius 2 is 2.21 bits per heavy atom. The van der Waals surface area contributed by atoms with E-state index in [2.05, 4.69) is 10.2 Å². The van der Waals surface area contributed by atoms with Crippen LogP contribution < -0.4 is 11.1 Å². The molecular formula is C13H21FN4O. The number of rotatable bonds is 1. The van der Waals surface area contributed by atoms with Gasteiger partial charge in [0.2, 0.25) is 5.91 Å². The highest BCUT2D eigenvalue weighted by molar-refractivity contribution is 5.77. The van der Waals surface area contributed by atoms with Gasteiger partial charge in [-0.1, -0.05) is 0 Å². The van der Waals surface area contributed by atoms with E-state index >= 15 is 0 Å². The molecule has 0 aromatic carbocycles. The summed E-state index contributed by atoms with van der Waals surface area (Å²) in [6, 6.07) is -0.0445. The molecule has 2 atom stereocenters. The lowest BCUT2D eigenvalue weighted by molar-refractivity contribution is -0.139. The van der Waals surface area contributed by atoms with Crippen molar-refractivity contribution in [1.29, 1.82) is 0 Å². The van der Waals surface area contributed by atoms with Gasteiger partial charge in [-0.25, -0.2) is 4.39 Å². The van der Waals surface area contributed by atoms with E-state index < -0.39 is 0 Å². The van der Waals surface area contributed by atoms with Crippen LogP contribution >= 0.6 is 0 Å². The van der Waals surface area contributed by atoms with Crippen LogP contribution in [0.2, 0.25) is 0 Å². The molecule has 0 spiro atoms. The monoisotopic (exact) mass is 268 g/mol. The van der Waals surface area contributed by atoms with E-state index in [0.717, 1.165) is 19.4 Å². The number of piperidine rings is 1. The molecule has 0 aromatic rings. The summed E-state index contributed by atoms with van der Waals surface area (Å²) in [5.41, 5.74) is 6.66. The summed E-state index contributed by atoms with van der Waals surface area (Å²) in [7, 11) is 0. The van der Waals surface area contributed by atoms with Gasteiger partial charge in [0.05, 0.1) is 11.7 Å². The van der Waals surface area contributed by atoms with Crippen LogP contribution in [0.3, 0.4) is 0 Å². The van der Waals surface area contributed by atoms with Gasteiger partial charge in [0.15, 0.2) is 0 Å². The van der Waals surface area contributed by atoms with Crippen LogP contribution in [-0.4, -0.2) is 60.5 Å². The summed E-state index contributed by atoms with van der Waals surface area (Å²) in [6.07, 6.45) is 2.63. The Kier molecular flexibility index (Phi) is 3.45. The fourth-order valence-electron chi connectivity index (χ4n) is 3.41. The van der Waals surface area contributed by atoms with Gasteiger partial charge in [0, 0.05) is 45.2 Å². The van der Waals surface area contributed by atoms with Crippen LogP contribution in [0, 0.1) is 0 Å². The van der Waals surface area contributed by atoms with E-state index in [1.807, 2.05) is 4.90 Å². The minimum absolute atomic E-state index is 0.144. The molecule has 3 aliphatic heterocycles. The number of carbonyl (C=O) groups excluding carboxylic acids is 1. The summed E-state index contributed by atoms with van der Waals surface area (Å²) in [6.45, 7) is 3.00. The molecule has 3 rings (SSSR count). The lowest BCUT2D eigenvalue weighted by atomic mass is 9.97. The lowest BCUT2D eigenvalue weighted by Gasteiger charge is -2.46. The van der Waals surface area contributed by atoms with E-state index in [-0.39, 0.29) is 30.4 Å². The molecule has 0 saturated carbocycles. The number of halogens is 1. The highest BCUT2D eigenvalue weighted by Crippen LogP contribution is 2.26. The number of nitrogens with two attached hydrogens (primary N) is 1. The summed E-state index contributed by atoms with van der Waals surface area (Å²) in [5.74, 6) is 0.106. The van der Waals surface area contributed by atoms with Crippen LogP contribution in [0.1, 0.15) is 19.3 Å². The van der Waals surface area contributed by atoms with Gasteiger partial charge in [-0.15, -0.1) is 0 Å². The Balaban J connectivity index is 1.75. The normalized spacial score (nSPS) is 32.6. The molecule has 2 unspecified atom stereocenters. The second-order valence-corrected chi connectivity index (χ2v) is 5.61. The molecule has 5 nitrogen and oxygen atoms in total. The van der Waals surface area contributed by atoms with Crippen LogP contribution in [0.5, 0.6) is 0 Å². The summed E-state index contributed by atoms with van der Waals surface area (Å²) in [5, 5.41) is 2.97. The third kappa shape index (κ3) is 2.34. The first-order chi connectivity index (χ1) is 9.16. The average Bonchev–Trinajstić information content (AvgIpc) is 2.39. The van der Waals surface area contributed by atoms with Gasteiger partial charge < -0.3 is 20.9 Å². The predicted molar refractivity (Wildman–Crippen MR) is 69.9 cm³/mol. The molecule has 3 N–H and O–H groups in total. The molecule has 106 valence electrons. The Bertz CT molecular complexity index is 411. The molecule has 0 aliphatic carbocycles. The number of nitrogens with one attached hydrogen (secondary N) is 1. The number of hydrogen-bond donors (Lipinski definition) is 2.